The molecule has 0 aromatic heterocycles. The fraction of sp³-hybridized carbons (Fsp3) is 0.533. The Morgan fingerprint density at radius 3 is 2.38 bits per heavy atom. The lowest BCUT2D eigenvalue weighted by molar-refractivity contribution is 0.0516. The zero-order valence-electron chi connectivity index (χ0n) is 12.8. The van der Waals surface area contributed by atoms with Crippen LogP contribution in [0.15, 0.2) is 18.2 Å². The van der Waals surface area contributed by atoms with Gasteiger partial charge >= 0.3 is 6.09 Å². The monoisotopic (exact) mass is 300 g/mol. The number of nitrogens with two attached hydrogens (primary N) is 1. The number of hydrogen-bond donors (Lipinski definition) is 2. The molecular weight excluding hydrogens is 278 g/mol. The highest BCUT2D eigenvalue weighted by Gasteiger charge is 2.30. The molecule has 0 bridgehead atoms. The molecule has 3 N–H and O–H groups in total. The number of halogens is 2. The molecule has 0 aliphatic rings. The van der Waals surface area contributed by atoms with Crippen LogP contribution in [-0.2, 0) is 10.2 Å². The number of alkyl carbamates (subject to hydrolysis) is 1. The van der Waals surface area contributed by atoms with E-state index in [0.717, 1.165) is 6.07 Å². The molecule has 0 aliphatic heterocycles. The Bertz CT molecular complexity index is 515. The van der Waals surface area contributed by atoms with Gasteiger partial charge in [0, 0.05) is 24.6 Å². The molecule has 0 fully saturated rings. The van der Waals surface area contributed by atoms with Crippen LogP contribution in [0.5, 0.6) is 0 Å². The van der Waals surface area contributed by atoms with Crippen LogP contribution >= 0.6 is 0 Å². The van der Waals surface area contributed by atoms with Crippen LogP contribution in [0, 0.1) is 11.6 Å². The number of carbonyl (C=O) groups is 1. The third kappa shape index (κ3) is 4.97. The van der Waals surface area contributed by atoms with Crippen molar-refractivity contribution < 1.29 is 18.3 Å². The molecule has 0 aliphatic carbocycles. The minimum Gasteiger partial charge on any atom is -0.444 e. The Hall–Kier alpha value is -1.69. The minimum atomic E-state index is -0.852. The molecule has 1 unspecified atom stereocenters. The van der Waals surface area contributed by atoms with E-state index in [0.29, 0.717) is 0 Å². The molecule has 1 atom stereocenters. The van der Waals surface area contributed by atoms with Crippen LogP contribution in [-0.4, -0.2) is 24.8 Å². The van der Waals surface area contributed by atoms with Crippen LogP contribution in [0.2, 0.25) is 0 Å². The van der Waals surface area contributed by atoms with Crippen molar-refractivity contribution in [2.45, 2.75) is 38.7 Å². The van der Waals surface area contributed by atoms with Gasteiger partial charge < -0.3 is 15.8 Å². The molecule has 6 heteroatoms. The van der Waals surface area contributed by atoms with Crippen molar-refractivity contribution in [3.05, 3.63) is 35.4 Å². The van der Waals surface area contributed by atoms with E-state index >= 15 is 0 Å². The first-order valence-electron chi connectivity index (χ1n) is 6.70. The van der Waals surface area contributed by atoms with Gasteiger partial charge in [-0.25, -0.2) is 13.6 Å². The Labute approximate surface area is 123 Å². The molecule has 0 spiro atoms. The lowest BCUT2D eigenvalue weighted by Crippen LogP contribution is -2.45. The smallest absolute Gasteiger partial charge is 0.407 e. The van der Waals surface area contributed by atoms with Crippen molar-refractivity contribution in [2.24, 2.45) is 5.73 Å². The Morgan fingerprint density at radius 2 is 1.90 bits per heavy atom. The van der Waals surface area contributed by atoms with E-state index in [2.05, 4.69) is 5.32 Å². The van der Waals surface area contributed by atoms with Crippen molar-refractivity contribution in [1.82, 2.24) is 5.32 Å². The highest BCUT2D eigenvalue weighted by atomic mass is 19.1. The van der Waals surface area contributed by atoms with Crippen molar-refractivity contribution in [2.75, 3.05) is 13.1 Å². The van der Waals surface area contributed by atoms with Gasteiger partial charge in [-0.05, 0) is 32.4 Å². The van der Waals surface area contributed by atoms with Gasteiger partial charge in [0.15, 0.2) is 0 Å². The number of amides is 1. The van der Waals surface area contributed by atoms with E-state index in [1.54, 1.807) is 27.7 Å². The number of carbonyl (C=O) groups excluding carboxylic acids is 1. The molecule has 0 saturated carbocycles. The summed E-state index contributed by atoms with van der Waals surface area (Å²) in [6, 6.07) is 3.31. The van der Waals surface area contributed by atoms with E-state index in [9.17, 15) is 13.6 Å². The number of rotatable bonds is 4. The first-order chi connectivity index (χ1) is 9.57. The average molecular weight is 300 g/mol. The summed E-state index contributed by atoms with van der Waals surface area (Å²) in [5.74, 6) is -1.34. The summed E-state index contributed by atoms with van der Waals surface area (Å²) in [7, 11) is 0. The Morgan fingerprint density at radius 1 is 1.29 bits per heavy atom. The zero-order valence-corrected chi connectivity index (χ0v) is 12.8. The molecule has 118 valence electrons. The summed E-state index contributed by atoms with van der Waals surface area (Å²) in [5.41, 5.74) is 4.49. The lowest BCUT2D eigenvalue weighted by Gasteiger charge is -2.30. The molecule has 4 nitrogen and oxygen atoms in total. The normalized spacial score (nSPS) is 14.4. The summed E-state index contributed by atoms with van der Waals surface area (Å²) < 4.78 is 32.0. The largest absolute Gasteiger partial charge is 0.444 e. The summed E-state index contributed by atoms with van der Waals surface area (Å²) in [4.78, 5) is 11.7. The molecule has 1 aromatic rings. The first-order valence-corrected chi connectivity index (χ1v) is 6.70. The second kappa shape index (κ2) is 6.39. The number of benzene rings is 1. The maximum absolute atomic E-state index is 13.9. The third-order valence-electron chi connectivity index (χ3n) is 3.05. The van der Waals surface area contributed by atoms with E-state index in [1.165, 1.54) is 12.1 Å². The zero-order chi connectivity index (χ0) is 16.3. The minimum absolute atomic E-state index is 0.0843. The molecule has 21 heavy (non-hydrogen) atoms. The molecule has 1 rings (SSSR count). The summed E-state index contributed by atoms with van der Waals surface area (Å²) >= 11 is 0. The maximum Gasteiger partial charge on any atom is 0.407 e. The van der Waals surface area contributed by atoms with Gasteiger partial charge in [0.25, 0.3) is 0 Å². The fourth-order valence-electron chi connectivity index (χ4n) is 1.84. The van der Waals surface area contributed by atoms with Gasteiger partial charge in [-0.2, -0.15) is 0 Å². The quantitative estimate of drug-likeness (QED) is 0.898. The Balaban J connectivity index is 2.83. The first kappa shape index (κ1) is 17.4. The van der Waals surface area contributed by atoms with E-state index in [-0.39, 0.29) is 18.7 Å². The van der Waals surface area contributed by atoms with Crippen molar-refractivity contribution in [3.63, 3.8) is 0 Å². The topological polar surface area (TPSA) is 64.3 Å². The van der Waals surface area contributed by atoms with Gasteiger partial charge in [-0.15, -0.1) is 0 Å². The second-order valence-electron chi connectivity index (χ2n) is 6.24. The predicted molar refractivity (Wildman–Crippen MR) is 77.0 cm³/mol. The number of ether oxygens (including phenoxy) is 1. The van der Waals surface area contributed by atoms with E-state index < -0.39 is 28.7 Å². The molecular formula is C15H22F2N2O2. The van der Waals surface area contributed by atoms with Gasteiger partial charge in [0.1, 0.15) is 17.2 Å². The average Bonchev–Trinajstić information content (AvgIpc) is 2.34. The van der Waals surface area contributed by atoms with Gasteiger partial charge in [0.05, 0.1) is 0 Å². The maximum atomic E-state index is 13.9. The third-order valence-corrected chi connectivity index (χ3v) is 3.05. The summed E-state index contributed by atoms with van der Waals surface area (Å²) in [6.07, 6.45) is -0.607. The highest BCUT2D eigenvalue weighted by molar-refractivity contribution is 5.67. The summed E-state index contributed by atoms with van der Waals surface area (Å²) in [6.45, 7) is 7.10. The lowest BCUT2D eigenvalue weighted by atomic mass is 9.82. The predicted octanol–water partition coefficient (Wildman–Crippen LogP) is 2.71. The fourth-order valence-corrected chi connectivity index (χ4v) is 1.84. The number of hydrogen-bond acceptors (Lipinski definition) is 3. The van der Waals surface area contributed by atoms with Crippen LogP contribution in [0.3, 0.4) is 0 Å². The molecule has 1 amide bonds. The van der Waals surface area contributed by atoms with Crippen LogP contribution < -0.4 is 11.1 Å². The van der Waals surface area contributed by atoms with Crippen LogP contribution in [0.4, 0.5) is 13.6 Å². The SMILES string of the molecule is CC(C)(C)OC(=O)NCC(C)(CN)c1ccc(F)cc1F. The summed E-state index contributed by atoms with van der Waals surface area (Å²) in [5, 5.41) is 2.57. The van der Waals surface area contributed by atoms with Crippen molar-refractivity contribution in [1.29, 1.82) is 0 Å². The molecule has 0 saturated heterocycles. The standard InChI is InChI=1S/C15H22F2N2O2/c1-14(2,3)21-13(20)19-9-15(4,8-18)11-6-5-10(16)7-12(11)17/h5-7H,8-9,18H2,1-4H3,(H,19,20). The molecule has 0 heterocycles. The van der Waals surface area contributed by atoms with E-state index in [1.807, 2.05) is 0 Å². The molecule has 1 aromatic carbocycles. The van der Waals surface area contributed by atoms with Gasteiger partial charge in [-0.3, -0.25) is 0 Å². The van der Waals surface area contributed by atoms with Gasteiger partial charge in [-0.1, -0.05) is 13.0 Å². The van der Waals surface area contributed by atoms with Crippen LogP contribution in [0.25, 0.3) is 0 Å². The molecule has 0 radical (unpaired) electrons. The second-order valence-corrected chi connectivity index (χ2v) is 6.24. The van der Waals surface area contributed by atoms with Crippen LogP contribution in [0.1, 0.15) is 33.3 Å². The van der Waals surface area contributed by atoms with Crippen molar-refractivity contribution >= 4 is 6.09 Å². The van der Waals surface area contributed by atoms with Crippen molar-refractivity contribution in [3.8, 4) is 0 Å². The highest BCUT2D eigenvalue weighted by Crippen LogP contribution is 2.25. The van der Waals surface area contributed by atoms with E-state index in [4.69, 9.17) is 10.5 Å². The number of nitrogens with one attached hydrogen (secondary N) is 1. The Kier molecular flexibility index (Phi) is 5.28. The van der Waals surface area contributed by atoms with Gasteiger partial charge in [0.2, 0.25) is 0 Å².